The highest BCUT2D eigenvalue weighted by atomic mass is 32.2. The van der Waals surface area contributed by atoms with E-state index >= 15 is 0 Å². The SMILES string of the molecule is COc1ccccc1-c1nnc2n1CCSC(C)(C)C2. The Balaban J connectivity index is 2.07. The van der Waals surface area contributed by atoms with Crippen molar-refractivity contribution in [3.8, 4) is 17.1 Å². The number of hydrogen-bond donors (Lipinski definition) is 0. The van der Waals surface area contributed by atoms with E-state index in [-0.39, 0.29) is 4.75 Å². The Morgan fingerprint density at radius 2 is 2.05 bits per heavy atom. The zero-order chi connectivity index (χ0) is 14.2. The van der Waals surface area contributed by atoms with E-state index < -0.39 is 0 Å². The Hall–Kier alpha value is -1.49. The van der Waals surface area contributed by atoms with Crippen LogP contribution in [0.2, 0.25) is 0 Å². The quantitative estimate of drug-likeness (QED) is 0.852. The lowest BCUT2D eigenvalue weighted by molar-refractivity contribution is 0.416. The number of aromatic nitrogens is 3. The van der Waals surface area contributed by atoms with Crippen molar-refractivity contribution in [3.63, 3.8) is 0 Å². The molecule has 0 unspecified atom stereocenters. The van der Waals surface area contributed by atoms with E-state index in [0.29, 0.717) is 0 Å². The number of fused-ring (bicyclic) bond motifs is 1. The third kappa shape index (κ3) is 2.42. The minimum Gasteiger partial charge on any atom is -0.496 e. The van der Waals surface area contributed by atoms with Crippen LogP contribution in [0.3, 0.4) is 0 Å². The molecule has 2 heterocycles. The molecule has 3 rings (SSSR count). The molecule has 1 aliphatic heterocycles. The van der Waals surface area contributed by atoms with E-state index in [9.17, 15) is 0 Å². The molecule has 0 aliphatic carbocycles. The molecule has 106 valence electrons. The van der Waals surface area contributed by atoms with Gasteiger partial charge >= 0.3 is 0 Å². The lowest BCUT2D eigenvalue weighted by Crippen LogP contribution is -2.18. The maximum atomic E-state index is 5.45. The molecule has 0 saturated heterocycles. The van der Waals surface area contributed by atoms with Crippen LogP contribution in [-0.2, 0) is 13.0 Å². The van der Waals surface area contributed by atoms with Gasteiger partial charge in [-0.2, -0.15) is 11.8 Å². The fourth-order valence-corrected chi connectivity index (χ4v) is 3.63. The van der Waals surface area contributed by atoms with E-state index in [1.165, 1.54) is 0 Å². The van der Waals surface area contributed by atoms with E-state index in [1.807, 2.05) is 36.0 Å². The molecular weight excluding hydrogens is 270 g/mol. The van der Waals surface area contributed by atoms with Crippen molar-refractivity contribution in [1.29, 1.82) is 0 Å². The van der Waals surface area contributed by atoms with Crippen molar-refractivity contribution in [2.24, 2.45) is 0 Å². The summed E-state index contributed by atoms with van der Waals surface area (Å²) in [5, 5.41) is 8.82. The van der Waals surface area contributed by atoms with Gasteiger partial charge in [-0.25, -0.2) is 0 Å². The maximum Gasteiger partial charge on any atom is 0.167 e. The monoisotopic (exact) mass is 289 g/mol. The smallest absolute Gasteiger partial charge is 0.167 e. The minimum absolute atomic E-state index is 0.222. The molecule has 0 bridgehead atoms. The molecule has 5 heteroatoms. The highest BCUT2D eigenvalue weighted by Crippen LogP contribution is 2.34. The molecule has 0 N–H and O–H groups in total. The van der Waals surface area contributed by atoms with Crippen molar-refractivity contribution in [1.82, 2.24) is 14.8 Å². The van der Waals surface area contributed by atoms with Crippen molar-refractivity contribution in [2.75, 3.05) is 12.9 Å². The Bertz CT molecular complexity index is 621. The zero-order valence-corrected chi connectivity index (χ0v) is 12.9. The second-order valence-corrected chi connectivity index (χ2v) is 7.38. The summed E-state index contributed by atoms with van der Waals surface area (Å²) < 4.78 is 7.90. The first-order valence-electron chi connectivity index (χ1n) is 6.80. The van der Waals surface area contributed by atoms with Crippen molar-refractivity contribution >= 4 is 11.8 Å². The van der Waals surface area contributed by atoms with E-state index in [4.69, 9.17) is 4.74 Å². The Morgan fingerprint density at radius 3 is 2.85 bits per heavy atom. The molecule has 4 nitrogen and oxygen atoms in total. The topological polar surface area (TPSA) is 39.9 Å². The van der Waals surface area contributed by atoms with Gasteiger partial charge < -0.3 is 9.30 Å². The summed E-state index contributed by atoms with van der Waals surface area (Å²) in [4.78, 5) is 0. The third-order valence-electron chi connectivity index (χ3n) is 3.57. The molecular formula is C15H19N3OS. The minimum atomic E-state index is 0.222. The number of hydrogen-bond acceptors (Lipinski definition) is 4. The van der Waals surface area contributed by atoms with Gasteiger partial charge in [0, 0.05) is 23.5 Å². The molecule has 1 aromatic carbocycles. The van der Waals surface area contributed by atoms with Gasteiger partial charge in [-0.3, -0.25) is 0 Å². The number of rotatable bonds is 2. The van der Waals surface area contributed by atoms with Gasteiger partial charge in [-0.1, -0.05) is 26.0 Å². The molecule has 1 aliphatic rings. The number of ether oxygens (including phenoxy) is 1. The van der Waals surface area contributed by atoms with Crippen LogP contribution in [-0.4, -0.2) is 32.4 Å². The largest absolute Gasteiger partial charge is 0.496 e. The number of nitrogens with zero attached hydrogens (tertiary/aromatic N) is 3. The summed E-state index contributed by atoms with van der Waals surface area (Å²) in [6.07, 6.45) is 0.944. The van der Waals surface area contributed by atoms with Gasteiger partial charge in [0.1, 0.15) is 11.6 Å². The lowest BCUT2D eigenvalue weighted by atomic mass is 10.1. The predicted octanol–water partition coefficient (Wildman–Crippen LogP) is 3.02. The Kier molecular flexibility index (Phi) is 3.46. The molecule has 1 aromatic heterocycles. The maximum absolute atomic E-state index is 5.45. The number of para-hydroxylation sites is 1. The fourth-order valence-electron chi connectivity index (χ4n) is 2.57. The second-order valence-electron chi connectivity index (χ2n) is 5.58. The van der Waals surface area contributed by atoms with Crippen molar-refractivity contribution in [3.05, 3.63) is 30.1 Å². The normalized spacial score (nSPS) is 17.4. The predicted molar refractivity (Wildman–Crippen MR) is 82.3 cm³/mol. The highest BCUT2D eigenvalue weighted by Gasteiger charge is 2.27. The van der Waals surface area contributed by atoms with E-state index in [0.717, 1.165) is 41.7 Å². The number of thioether (sulfide) groups is 1. The van der Waals surface area contributed by atoms with Gasteiger partial charge in [0.25, 0.3) is 0 Å². The van der Waals surface area contributed by atoms with Gasteiger partial charge in [0.2, 0.25) is 0 Å². The summed E-state index contributed by atoms with van der Waals surface area (Å²) in [7, 11) is 1.69. The van der Waals surface area contributed by atoms with Crippen LogP contribution in [0.1, 0.15) is 19.7 Å². The zero-order valence-electron chi connectivity index (χ0n) is 12.1. The third-order valence-corrected chi connectivity index (χ3v) is 4.88. The summed E-state index contributed by atoms with van der Waals surface area (Å²) in [5.74, 6) is 3.91. The van der Waals surface area contributed by atoms with Crippen LogP contribution in [0.25, 0.3) is 11.4 Å². The Morgan fingerprint density at radius 1 is 1.25 bits per heavy atom. The van der Waals surface area contributed by atoms with Crippen LogP contribution in [0.15, 0.2) is 24.3 Å². The van der Waals surface area contributed by atoms with E-state index in [2.05, 4.69) is 28.6 Å². The molecule has 0 radical (unpaired) electrons. The van der Waals surface area contributed by atoms with Gasteiger partial charge in [-0.05, 0) is 12.1 Å². The van der Waals surface area contributed by atoms with Crippen LogP contribution in [0, 0.1) is 0 Å². The highest BCUT2D eigenvalue weighted by molar-refractivity contribution is 8.00. The average molecular weight is 289 g/mol. The molecule has 0 atom stereocenters. The standard InChI is InChI=1S/C15H19N3OS/c1-15(2)10-13-16-17-14(18(13)8-9-20-15)11-6-4-5-7-12(11)19-3/h4-7H,8-10H2,1-3H3. The summed E-state index contributed by atoms with van der Waals surface area (Å²) in [6.45, 7) is 5.49. The molecule has 0 amide bonds. The van der Waals surface area contributed by atoms with Crippen LogP contribution in [0.5, 0.6) is 5.75 Å². The van der Waals surface area contributed by atoms with Crippen LogP contribution < -0.4 is 4.74 Å². The molecule has 2 aromatic rings. The van der Waals surface area contributed by atoms with Crippen LogP contribution in [0.4, 0.5) is 0 Å². The van der Waals surface area contributed by atoms with Gasteiger partial charge in [0.05, 0.1) is 12.7 Å². The number of methoxy groups -OCH3 is 1. The second kappa shape index (κ2) is 5.13. The molecule has 0 saturated carbocycles. The molecule has 0 spiro atoms. The number of benzene rings is 1. The summed E-state index contributed by atoms with van der Waals surface area (Å²) in [5.41, 5.74) is 1.01. The first-order chi connectivity index (χ1) is 9.61. The summed E-state index contributed by atoms with van der Waals surface area (Å²) in [6, 6.07) is 7.99. The van der Waals surface area contributed by atoms with Crippen molar-refractivity contribution < 1.29 is 4.74 Å². The van der Waals surface area contributed by atoms with Gasteiger partial charge in [0.15, 0.2) is 5.82 Å². The van der Waals surface area contributed by atoms with Gasteiger partial charge in [-0.15, -0.1) is 10.2 Å². The fraction of sp³-hybridized carbons (Fsp3) is 0.467. The van der Waals surface area contributed by atoms with E-state index in [1.54, 1.807) is 7.11 Å². The first-order valence-corrected chi connectivity index (χ1v) is 7.79. The summed E-state index contributed by atoms with van der Waals surface area (Å²) >= 11 is 2.00. The molecule has 20 heavy (non-hydrogen) atoms. The average Bonchev–Trinajstić information content (AvgIpc) is 2.73. The van der Waals surface area contributed by atoms with Crippen LogP contribution >= 0.6 is 11.8 Å². The molecule has 0 fully saturated rings. The Labute approximate surface area is 123 Å². The first kappa shape index (κ1) is 13.5. The van der Waals surface area contributed by atoms with Crippen molar-refractivity contribution in [2.45, 2.75) is 31.6 Å². The lowest BCUT2D eigenvalue weighted by Gasteiger charge is -2.19.